The number of halogens is 2. The van der Waals surface area contributed by atoms with Gasteiger partial charge in [-0.05, 0) is 33.1 Å². The summed E-state index contributed by atoms with van der Waals surface area (Å²) in [4.78, 5) is 33.7. The van der Waals surface area contributed by atoms with E-state index in [0.29, 0.717) is 0 Å². The molecule has 1 atom stereocenters. The maximum absolute atomic E-state index is 13.3. The third kappa shape index (κ3) is 6.50. The van der Waals surface area contributed by atoms with E-state index in [9.17, 15) is 23.2 Å². The summed E-state index contributed by atoms with van der Waals surface area (Å²) in [6.45, 7) is 8.00. The van der Waals surface area contributed by atoms with E-state index >= 15 is 0 Å². The minimum Gasteiger partial charge on any atom is -0.476 e. The van der Waals surface area contributed by atoms with E-state index in [1.807, 2.05) is 5.32 Å². The van der Waals surface area contributed by atoms with Gasteiger partial charge in [0, 0.05) is 0 Å². The Balaban J connectivity index is 5.10. The lowest BCUT2D eigenvalue weighted by atomic mass is 9.97. The Labute approximate surface area is 121 Å². The number of aliphatic carboxylic acids is 1. The van der Waals surface area contributed by atoms with E-state index in [2.05, 4.69) is 0 Å². The first-order chi connectivity index (χ1) is 9.27. The summed E-state index contributed by atoms with van der Waals surface area (Å²) in [5.74, 6) is -9.19. The summed E-state index contributed by atoms with van der Waals surface area (Å²) in [5.41, 5.74) is -0.870. The number of carbonyl (C=O) groups excluding carboxylic acids is 2. The number of rotatable bonds is 6. The van der Waals surface area contributed by atoms with E-state index in [0.717, 1.165) is 0 Å². The molecule has 0 spiro atoms. The number of alkyl halides is 2. The normalized spacial score (nSPS) is 13.7. The number of ether oxygens (including phenoxy) is 1. The van der Waals surface area contributed by atoms with Crippen molar-refractivity contribution < 1.29 is 33.0 Å². The Morgan fingerprint density at radius 3 is 2.00 bits per heavy atom. The quantitative estimate of drug-likeness (QED) is 0.734. The molecule has 0 saturated carbocycles. The maximum Gasteiger partial charge on any atom is 0.408 e. The fraction of sp³-hybridized carbons (Fsp3) is 0.769. The molecule has 0 aliphatic carbocycles. The molecule has 8 heteroatoms. The second-order valence-corrected chi connectivity index (χ2v) is 6.07. The lowest BCUT2D eigenvalue weighted by Gasteiger charge is -2.25. The van der Waals surface area contributed by atoms with E-state index in [1.54, 1.807) is 34.6 Å². The molecular weight excluding hydrogens is 288 g/mol. The average Bonchev–Trinajstić information content (AvgIpc) is 2.23. The van der Waals surface area contributed by atoms with Crippen molar-refractivity contribution in [3.63, 3.8) is 0 Å². The first kappa shape index (κ1) is 19.3. The van der Waals surface area contributed by atoms with Gasteiger partial charge in [0.25, 0.3) is 0 Å². The number of carboxylic acid groups (broad SMARTS) is 1. The fourth-order valence-corrected chi connectivity index (χ4v) is 1.48. The Kier molecular flexibility index (Phi) is 6.26. The van der Waals surface area contributed by atoms with Gasteiger partial charge in [0.2, 0.25) is 5.78 Å². The number of hydrogen-bond acceptors (Lipinski definition) is 4. The number of alkyl carbamates (subject to hydrolysis) is 1. The first-order valence-electron chi connectivity index (χ1n) is 6.42. The van der Waals surface area contributed by atoms with Gasteiger partial charge in [0.15, 0.2) is 0 Å². The van der Waals surface area contributed by atoms with Gasteiger partial charge in [0.05, 0.1) is 6.04 Å². The molecule has 0 aliphatic rings. The number of hydrogen-bond donors (Lipinski definition) is 2. The van der Waals surface area contributed by atoms with Gasteiger partial charge in [-0.25, -0.2) is 9.59 Å². The van der Waals surface area contributed by atoms with Gasteiger partial charge in [-0.3, -0.25) is 4.79 Å². The molecule has 0 aromatic rings. The van der Waals surface area contributed by atoms with Crippen molar-refractivity contribution in [3.05, 3.63) is 0 Å². The molecular formula is C13H21F2NO5. The van der Waals surface area contributed by atoms with Crippen LogP contribution in [0.1, 0.15) is 41.0 Å². The van der Waals surface area contributed by atoms with Crippen molar-refractivity contribution in [2.24, 2.45) is 5.92 Å². The molecule has 21 heavy (non-hydrogen) atoms. The molecule has 1 amide bonds. The van der Waals surface area contributed by atoms with Crippen LogP contribution < -0.4 is 5.32 Å². The molecule has 122 valence electrons. The molecule has 0 saturated heterocycles. The zero-order valence-electron chi connectivity index (χ0n) is 12.7. The predicted molar refractivity (Wildman–Crippen MR) is 70.2 cm³/mol. The summed E-state index contributed by atoms with van der Waals surface area (Å²) < 4.78 is 31.5. The monoisotopic (exact) mass is 309 g/mol. The second kappa shape index (κ2) is 6.82. The number of amides is 1. The smallest absolute Gasteiger partial charge is 0.408 e. The Bertz CT molecular complexity index is 415. The van der Waals surface area contributed by atoms with Crippen molar-refractivity contribution >= 4 is 17.8 Å². The molecule has 6 nitrogen and oxygen atoms in total. The van der Waals surface area contributed by atoms with Gasteiger partial charge >= 0.3 is 18.0 Å². The van der Waals surface area contributed by atoms with Crippen LogP contribution in [0.4, 0.5) is 13.6 Å². The highest BCUT2D eigenvalue weighted by atomic mass is 19.3. The Morgan fingerprint density at radius 1 is 1.19 bits per heavy atom. The molecule has 0 radical (unpaired) electrons. The molecule has 0 rings (SSSR count). The van der Waals surface area contributed by atoms with Gasteiger partial charge in [0.1, 0.15) is 5.60 Å². The van der Waals surface area contributed by atoms with Crippen molar-refractivity contribution in [2.75, 3.05) is 0 Å². The van der Waals surface area contributed by atoms with E-state index in [-0.39, 0.29) is 12.3 Å². The van der Waals surface area contributed by atoms with Crippen LogP contribution in [0.5, 0.6) is 0 Å². The summed E-state index contributed by atoms with van der Waals surface area (Å²) >= 11 is 0. The summed E-state index contributed by atoms with van der Waals surface area (Å²) in [7, 11) is 0. The standard InChI is InChI=1S/C13H21F2NO5/c1-7(2)6-8(9(17)13(14,15)10(18)19)16-11(20)21-12(3,4)5/h7-8H,6H2,1-5H3,(H,16,20)(H,18,19). The molecule has 1 unspecified atom stereocenters. The number of nitrogens with one attached hydrogen (secondary N) is 1. The lowest BCUT2D eigenvalue weighted by Crippen LogP contribution is -2.52. The number of ketones is 1. The topological polar surface area (TPSA) is 92.7 Å². The minimum atomic E-state index is -4.56. The number of carbonyl (C=O) groups is 3. The molecule has 0 aliphatic heterocycles. The zero-order chi connectivity index (χ0) is 17.0. The van der Waals surface area contributed by atoms with E-state index in [1.165, 1.54) is 0 Å². The van der Waals surface area contributed by atoms with Crippen LogP contribution in [0.15, 0.2) is 0 Å². The Hall–Kier alpha value is -1.73. The van der Waals surface area contributed by atoms with Crippen molar-refractivity contribution in [2.45, 2.75) is 58.6 Å². The molecule has 0 aromatic heterocycles. The van der Waals surface area contributed by atoms with Crippen LogP contribution in [0.25, 0.3) is 0 Å². The van der Waals surface area contributed by atoms with Crippen LogP contribution in [0.3, 0.4) is 0 Å². The van der Waals surface area contributed by atoms with Gasteiger partial charge in [-0.1, -0.05) is 13.8 Å². The summed E-state index contributed by atoms with van der Waals surface area (Å²) in [5, 5.41) is 10.4. The number of carboxylic acids is 1. The number of Topliss-reactive ketones (excluding diaryl/α,β-unsaturated/α-hetero) is 1. The maximum atomic E-state index is 13.3. The zero-order valence-corrected chi connectivity index (χ0v) is 12.7. The second-order valence-electron chi connectivity index (χ2n) is 6.07. The van der Waals surface area contributed by atoms with Crippen molar-refractivity contribution in [3.8, 4) is 0 Å². The van der Waals surface area contributed by atoms with Crippen LogP contribution in [-0.4, -0.2) is 40.5 Å². The third-order valence-electron chi connectivity index (χ3n) is 2.29. The predicted octanol–water partition coefficient (Wildman–Crippen LogP) is 2.21. The lowest BCUT2D eigenvalue weighted by molar-refractivity contribution is -0.172. The van der Waals surface area contributed by atoms with Gasteiger partial charge in [-0.15, -0.1) is 0 Å². The largest absolute Gasteiger partial charge is 0.476 e. The molecule has 0 heterocycles. The molecule has 0 bridgehead atoms. The molecule has 2 N–H and O–H groups in total. The van der Waals surface area contributed by atoms with Crippen LogP contribution in [-0.2, 0) is 14.3 Å². The average molecular weight is 309 g/mol. The fourth-order valence-electron chi connectivity index (χ4n) is 1.48. The summed E-state index contributed by atoms with van der Waals surface area (Å²) in [6, 6.07) is -1.63. The van der Waals surface area contributed by atoms with Crippen LogP contribution >= 0.6 is 0 Å². The third-order valence-corrected chi connectivity index (χ3v) is 2.29. The first-order valence-corrected chi connectivity index (χ1v) is 6.42. The highest BCUT2D eigenvalue weighted by Crippen LogP contribution is 2.20. The molecule has 0 aromatic carbocycles. The van der Waals surface area contributed by atoms with Crippen molar-refractivity contribution in [1.29, 1.82) is 0 Å². The highest BCUT2D eigenvalue weighted by Gasteiger charge is 2.51. The van der Waals surface area contributed by atoms with Gasteiger partial charge in [-0.2, -0.15) is 8.78 Å². The minimum absolute atomic E-state index is 0.124. The van der Waals surface area contributed by atoms with Gasteiger partial charge < -0.3 is 15.2 Å². The molecule has 0 fully saturated rings. The van der Waals surface area contributed by atoms with Crippen LogP contribution in [0.2, 0.25) is 0 Å². The highest BCUT2D eigenvalue weighted by molar-refractivity contribution is 6.07. The van der Waals surface area contributed by atoms with Crippen molar-refractivity contribution in [1.82, 2.24) is 5.32 Å². The summed E-state index contributed by atoms with van der Waals surface area (Å²) in [6.07, 6.45) is -1.18. The Morgan fingerprint density at radius 2 is 1.67 bits per heavy atom. The SMILES string of the molecule is CC(C)CC(NC(=O)OC(C)(C)C)C(=O)C(F)(F)C(=O)O. The van der Waals surface area contributed by atoms with E-state index in [4.69, 9.17) is 9.84 Å². The van der Waals surface area contributed by atoms with E-state index < -0.39 is 35.4 Å². The van der Waals surface area contributed by atoms with Crippen LogP contribution in [0, 0.1) is 5.92 Å².